The van der Waals surface area contributed by atoms with Crippen molar-refractivity contribution in [2.45, 2.75) is 0 Å². The fraction of sp³-hybridized carbons (Fsp3) is 0. The Morgan fingerprint density at radius 2 is 0.878 bits per heavy atom. The third kappa shape index (κ3) is 3.86. The zero-order valence-corrected chi connectivity index (χ0v) is 22.5. The molecule has 0 heterocycles. The van der Waals surface area contributed by atoms with Gasteiger partial charge in [0.15, 0.2) is 0 Å². The van der Waals surface area contributed by atoms with Gasteiger partial charge in [-0.2, -0.15) is 0 Å². The first-order chi connectivity index (χ1) is 20.4. The quantitative estimate of drug-likeness (QED) is 0.208. The van der Waals surface area contributed by atoms with Crippen LogP contribution in [0.15, 0.2) is 164 Å². The summed E-state index contributed by atoms with van der Waals surface area (Å²) in [5.74, 6) is 0. The molecule has 8 aromatic carbocycles. The Morgan fingerprint density at radius 3 is 1.68 bits per heavy atom. The van der Waals surface area contributed by atoms with E-state index >= 15 is 0 Å². The Balaban J connectivity index is 1.48. The monoisotopic (exact) mass is 521 g/mol. The van der Waals surface area contributed by atoms with Crippen LogP contribution in [0, 0.1) is 0 Å². The minimum atomic E-state index is 1.13. The number of rotatable bonds is 4. The molecule has 0 aromatic heterocycles. The summed E-state index contributed by atoms with van der Waals surface area (Å²) in [7, 11) is 0. The van der Waals surface area contributed by atoms with Gasteiger partial charge in [0.25, 0.3) is 0 Å². The largest absolute Gasteiger partial charge is 0.309 e. The number of benzene rings is 8. The SMILES string of the molecule is c1ccc(-c2ccccc2N(c2ccccc2)c2cccc3c2ccc2ccc4ccc5ccccc5c4c23)cc1. The molecule has 0 aliphatic rings. The number of para-hydroxylation sites is 2. The van der Waals surface area contributed by atoms with Crippen molar-refractivity contribution in [1.29, 1.82) is 0 Å². The van der Waals surface area contributed by atoms with Crippen LogP contribution in [0.25, 0.3) is 54.2 Å². The van der Waals surface area contributed by atoms with E-state index in [0.717, 1.165) is 17.1 Å². The molecule has 0 spiro atoms. The number of nitrogens with zero attached hydrogens (tertiary/aromatic N) is 1. The highest BCUT2D eigenvalue weighted by atomic mass is 15.1. The molecule has 0 aliphatic carbocycles. The van der Waals surface area contributed by atoms with Gasteiger partial charge in [0.05, 0.1) is 11.4 Å². The summed E-state index contributed by atoms with van der Waals surface area (Å²) in [4.78, 5) is 2.42. The van der Waals surface area contributed by atoms with Crippen LogP contribution in [0.1, 0.15) is 0 Å². The van der Waals surface area contributed by atoms with Gasteiger partial charge in [0, 0.05) is 16.6 Å². The van der Waals surface area contributed by atoms with Crippen LogP contribution < -0.4 is 4.90 Å². The second-order valence-electron chi connectivity index (χ2n) is 10.5. The van der Waals surface area contributed by atoms with Crippen molar-refractivity contribution >= 4 is 60.2 Å². The smallest absolute Gasteiger partial charge is 0.0540 e. The fourth-order valence-electron chi connectivity index (χ4n) is 6.37. The molecule has 0 saturated heterocycles. The Bertz CT molecular complexity index is 2190. The molecule has 0 saturated carbocycles. The third-order valence-corrected chi connectivity index (χ3v) is 8.21. The van der Waals surface area contributed by atoms with Crippen molar-refractivity contribution in [3.63, 3.8) is 0 Å². The summed E-state index contributed by atoms with van der Waals surface area (Å²) in [5, 5.41) is 10.2. The Labute approximate surface area is 239 Å². The lowest BCUT2D eigenvalue weighted by atomic mass is 9.92. The van der Waals surface area contributed by atoms with E-state index < -0.39 is 0 Å². The van der Waals surface area contributed by atoms with Gasteiger partial charge in [-0.15, -0.1) is 0 Å². The van der Waals surface area contributed by atoms with Gasteiger partial charge in [-0.25, -0.2) is 0 Å². The van der Waals surface area contributed by atoms with Crippen LogP contribution in [-0.2, 0) is 0 Å². The van der Waals surface area contributed by atoms with Crippen molar-refractivity contribution in [1.82, 2.24) is 0 Å². The lowest BCUT2D eigenvalue weighted by Gasteiger charge is -2.29. The highest BCUT2D eigenvalue weighted by Crippen LogP contribution is 2.45. The zero-order chi connectivity index (χ0) is 27.2. The maximum atomic E-state index is 2.42. The maximum Gasteiger partial charge on any atom is 0.0540 e. The standard InChI is InChI=1S/C40H27N/c1-3-12-28(13-4-1)33-17-9-10-20-37(33)41(32-15-5-2-6-16-32)38-21-11-19-36-35(38)27-26-31-25-24-30-23-22-29-14-7-8-18-34(29)39(30)40(31)36/h1-27H. The lowest BCUT2D eigenvalue weighted by molar-refractivity contribution is 1.30. The molecule has 1 heteroatoms. The van der Waals surface area contributed by atoms with E-state index in [1.807, 2.05) is 0 Å². The molecular formula is C40H27N. The zero-order valence-electron chi connectivity index (χ0n) is 22.5. The van der Waals surface area contributed by atoms with E-state index in [1.54, 1.807) is 0 Å². The molecular weight excluding hydrogens is 494 g/mol. The molecule has 8 aromatic rings. The molecule has 192 valence electrons. The van der Waals surface area contributed by atoms with Gasteiger partial charge in [-0.1, -0.05) is 140 Å². The van der Waals surface area contributed by atoms with E-state index in [-0.39, 0.29) is 0 Å². The van der Waals surface area contributed by atoms with Crippen molar-refractivity contribution < 1.29 is 0 Å². The molecule has 0 bridgehead atoms. The second kappa shape index (κ2) is 9.66. The van der Waals surface area contributed by atoms with Crippen LogP contribution in [-0.4, -0.2) is 0 Å². The van der Waals surface area contributed by atoms with Gasteiger partial charge in [-0.3, -0.25) is 0 Å². The molecule has 8 rings (SSSR count). The Hall–Kier alpha value is -5.40. The maximum absolute atomic E-state index is 2.42. The van der Waals surface area contributed by atoms with Crippen molar-refractivity contribution in [3.05, 3.63) is 164 Å². The van der Waals surface area contributed by atoms with Crippen LogP contribution in [0.4, 0.5) is 17.1 Å². The van der Waals surface area contributed by atoms with Gasteiger partial charge >= 0.3 is 0 Å². The summed E-state index contributed by atoms with van der Waals surface area (Å²) in [6.07, 6.45) is 0. The summed E-state index contributed by atoms with van der Waals surface area (Å²) >= 11 is 0. The topological polar surface area (TPSA) is 3.24 Å². The van der Waals surface area contributed by atoms with Crippen molar-refractivity contribution in [2.24, 2.45) is 0 Å². The molecule has 0 unspecified atom stereocenters. The third-order valence-electron chi connectivity index (χ3n) is 8.21. The minimum Gasteiger partial charge on any atom is -0.309 e. The molecule has 0 atom stereocenters. The highest BCUT2D eigenvalue weighted by molar-refractivity contribution is 6.28. The van der Waals surface area contributed by atoms with Crippen LogP contribution in [0.2, 0.25) is 0 Å². The molecule has 0 aliphatic heterocycles. The summed E-state index contributed by atoms with van der Waals surface area (Å²) in [5.41, 5.74) is 5.85. The van der Waals surface area contributed by atoms with Crippen molar-refractivity contribution in [3.8, 4) is 11.1 Å². The molecule has 0 amide bonds. The average Bonchev–Trinajstić information content (AvgIpc) is 3.05. The van der Waals surface area contributed by atoms with E-state index in [1.165, 1.54) is 54.2 Å². The van der Waals surface area contributed by atoms with Crippen molar-refractivity contribution in [2.75, 3.05) is 4.90 Å². The first-order valence-corrected chi connectivity index (χ1v) is 14.1. The van der Waals surface area contributed by atoms with Gasteiger partial charge < -0.3 is 4.90 Å². The minimum absolute atomic E-state index is 1.13. The summed E-state index contributed by atoms with van der Waals surface area (Å²) < 4.78 is 0. The molecule has 0 N–H and O–H groups in total. The van der Waals surface area contributed by atoms with Gasteiger partial charge in [0.2, 0.25) is 0 Å². The lowest BCUT2D eigenvalue weighted by Crippen LogP contribution is -2.11. The van der Waals surface area contributed by atoms with Gasteiger partial charge in [-0.05, 0) is 67.5 Å². The normalized spacial score (nSPS) is 11.4. The van der Waals surface area contributed by atoms with Crippen LogP contribution in [0.3, 0.4) is 0 Å². The predicted octanol–water partition coefficient (Wildman–Crippen LogP) is 11.4. The Morgan fingerprint density at radius 1 is 0.317 bits per heavy atom. The highest BCUT2D eigenvalue weighted by Gasteiger charge is 2.20. The molecule has 41 heavy (non-hydrogen) atoms. The Kier molecular flexibility index (Phi) is 5.53. The fourth-order valence-corrected chi connectivity index (χ4v) is 6.37. The van der Waals surface area contributed by atoms with Crippen LogP contribution >= 0.6 is 0 Å². The summed E-state index contributed by atoms with van der Waals surface area (Å²) in [6, 6.07) is 59.2. The first kappa shape index (κ1) is 23.5. The van der Waals surface area contributed by atoms with Crippen LogP contribution in [0.5, 0.6) is 0 Å². The molecule has 1 nitrogen and oxygen atoms in total. The van der Waals surface area contributed by atoms with E-state index in [9.17, 15) is 0 Å². The average molecular weight is 522 g/mol. The first-order valence-electron chi connectivity index (χ1n) is 14.1. The van der Waals surface area contributed by atoms with E-state index in [4.69, 9.17) is 0 Å². The number of anilines is 3. The summed E-state index contributed by atoms with van der Waals surface area (Å²) in [6.45, 7) is 0. The number of fused-ring (bicyclic) bond motifs is 7. The van der Waals surface area contributed by atoms with E-state index in [2.05, 4.69) is 169 Å². The number of hydrogen-bond donors (Lipinski definition) is 0. The number of hydrogen-bond acceptors (Lipinski definition) is 1. The molecule has 0 radical (unpaired) electrons. The predicted molar refractivity (Wildman–Crippen MR) is 177 cm³/mol. The second-order valence-corrected chi connectivity index (χ2v) is 10.5. The van der Waals surface area contributed by atoms with Gasteiger partial charge in [0.1, 0.15) is 0 Å². The molecule has 0 fully saturated rings. The van der Waals surface area contributed by atoms with E-state index in [0.29, 0.717) is 0 Å².